The van der Waals surface area contributed by atoms with Crippen LogP contribution in [-0.4, -0.2) is 35.3 Å². The van der Waals surface area contributed by atoms with Crippen molar-refractivity contribution in [3.8, 4) is 5.75 Å². The van der Waals surface area contributed by atoms with Crippen molar-refractivity contribution in [3.63, 3.8) is 0 Å². The number of piperidine rings is 1. The van der Waals surface area contributed by atoms with Crippen LogP contribution in [0.2, 0.25) is 0 Å². The van der Waals surface area contributed by atoms with Gasteiger partial charge in [0, 0.05) is 30.3 Å². The molecule has 8 nitrogen and oxygen atoms in total. The highest BCUT2D eigenvalue weighted by Gasteiger charge is 2.27. The molecule has 1 saturated heterocycles. The summed E-state index contributed by atoms with van der Waals surface area (Å²) in [4.78, 5) is 35.8. The molecular formula is C19H19N3O5. The zero-order chi connectivity index (χ0) is 19.4. The molecule has 1 aliphatic rings. The first-order valence-electron chi connectivity index (χ1n) is 8.56. The molecule has 2 aromatic carbocycles. The van der Waals surface area contributed by atoms with Gasteiger partial charge in [0.25, 0.3) is 5.69 Å². The second kappa shape index (κ2) is 7.86. The van der Waals surface area contributed by atoms with Crippen molar-refractivity contribution in [1.29, 1.82) is 0 Å². The lowest BCUT2D eigenvalue weighted by Crippen LogP contribution is -2.38. The molecule has 0 aliphatic carbocycles. The van der Waals surface area contributed by atoms with Crippen molar-refractivity contribution in [2.45, 2.75) is 12.8 Å². The molecule has 2 aromatic rings. The Morgan fingerprint density at radius 2 is 1.85 bits per heavy atom. The number of phenolic OH excluding ortho intramolecular Hbond substituents is 1. The van der Waals surface area contributed by atoms with Gasteiger partial charge in [-0.2, -0.15) is 0 Å². The minimum Gasteiger partial charge on any atom is -0.508 e. The second-order valence-electron chi connectivity index (χ2n) is 6.42. The van der Waals surface area contributed by atoms with E-state index in [1.54, 1.807) is 12.1 Å². The van der Waals surface area contributed by atoms with E-state index in [1.807, 2.05) is 12.1 Å². The van der Waals surface area contributed by atoms with Gasteiger partial charge in [0.2, 0.25) is 5.91 Å². The van der Waals surface area contributed by atoms with E-state index in [-0.39, 0.29) is 28.9 Å². The minimum absolute atomic E-state index is 0.0784. The fourth-order valence-corrected chi connectivity index (χ4v) is 3.18. The van der Waals surface area contributed by atoms with Gasteiger partial charge < -0.3 is 15.3 Å². The van der Waals surface area contributed by atoms with Gasteiger partial charge >= 0.3 is 0 Å². The molecule has 140 valence electrons. The van der Waals surface area contributed by atoms with Gasteiger partial charge in [0.1, 0.15) is 17.7 Å². The van der Waals surface area contributed by atoms with Gasteiger partial charge in [-0.05, 0) is 49.2 Å². The fraction of sp³-hybridized carbons (Fsp3) is 0.263. The van der Waals surface area contributed by atoms with E-state index in [0.717, 1.165) is 18.0 Å². The average molecular weight is 369 g/mol. The van der Waals surface area contributed by atoms with Gasteiger partial charge in [-0.3, -0.25) is 19.7 Å². The number of phenols is 1. The molecular weight excluding hydrogens is 350 g/mol. The Morgan fingerprint density at radius 1 is 1.19 bits per heavy atom. The number of aldehydes is 1. The number of hydrogen-bond acceptors (Lipinski definition) is 6. The van der Waals surface area contributed by atoms with Gasteiger partial charge in [-0.15, -0.1) is 0 Å². The van der Waals surface area contributed by atoms with Crippen molar-refractivity contribution in [2.75, 3.05) is 23.3 Å². The summed E-state index contributed by atoms with van der Waals surface area (Å²) in [5, 5.41) is 23.1. The minimum atomic E-state index is -0.638. The Labute approximate surface area is 155 Å². The van der Waals surface area contributed by atoms with Crippen molar-refractivity contribution in [2.24, 2.45) is 5.92 Å². The van der Waals surface area contributed by atoms with Crippen LogP contribution in [0.25, 0.3) is 0 Å². The van der Waals surface area contributed by atoms with Gasteiger partial charge in [0.05, 0.1) is 11.0 Å². The number of benzene rings is 2. The summed E-state index contributed by atoms with van der Waals surface area (Å²) in [6.45, 7) is 1.35. The SMILES string of the molecule is O=Cc1ccc(N2CCC(C(=O)Nc3ccc(O)cc3[N+](=O)[O-])CC2)cc1. The van der Waals surface area contributed by atoms with E-state index >= 15 is 0 Å². The number of rotatable bonds is 5. The number of amides is 1. The average Bonchev–Trinajstić information content (AvgIpc) is 2.69. The molecule has 0 aromatic heterocycles. The summed E-state index contributed by atoms with van der Waals surface area (Å²) in [5.74, 6) is -0.739. The molecule has 1 aliphatic heterocycles. The van der Waals surface area contributed by atoms with Crippen LogP contribution in [0.3, 0.4) is 0 Å². The smallest absolute Gasteiger partial charge is 0.296 e. The number of nitrogens with one attached hydrogen (secondary N) is 1. The van der Waals surface area contributed by atoms with Crippen LogP contribution >= 0.6 is 0 Å². The highest BCUT2D eigenvalue weighted by molar-refractivity contribution is 5.95. The first kappa shape index (κ1) is 18.4. The molecule has 0 atom stereocenters. The van der Waals surface area contributed by atoms with E-state index < -0.39 is 4.92 Å². The zero-order valence-electron chi connectivity index (χ0n) is 14.5. The monoisotopic (exact) mass is 369 g/mol. The molecule has 0 radical (unpaired) electrons. The maximum Gasteiger partial charge on any atom is 0.296 e. The van der Waals surface area contributed by atoms with Gasteiger partial charge in [0.15, 0.2) is 0 Å². The third-order valence-corrected chi connectivity index (χ3v) is 4.70. The molecule has 3 rings (SSSR count). The molecule has 27 heavy (non-hydrogen) atoms. The quantitative estimate of drug-likeness (QED) is 0.363. The van der Waals surface area contributed by atoms with Crippen LogP contribution < -0.4 is 10.2 Å². The van der Waals surface area contributed by atoms with Crippen molar-refractivity contribution in [3.05, 3.63) is 58.1 Å². The highest BCUT2D eigenvalue weighted by atomic mass is 16.6. The van der Waals surface area contributed by atoms with Crippen LogP contribution in [0.15, 0.2) is 42.5 Å². The standard InChI is InChI=1S/C19H19N3O5/c23-12-13-1-3-15(4-2-13)21-9-7-14(8-10-21)19(25)20-17-6-5-16(24)11-18(17)22(26)27/h1-6,11-12,14,24H,7-10H2,(H,20,25). The molecule has 0 bridgehead atoms. The number of carbonyl (C=O) groups is 2. The maximum absolute atomic E-state index is 12.5. The zero-order valence-corrected chi connectivity index (χ0v) is 14.5. The van der Waals surface area contributed by atoms with Crippen LogP contribution in [0, 0.1) is 16.0 Å². The normalized spacial score (nSPS) is 14.6. The second-order valence-corrected chi connectivity index (χ2v) is 6.42. The lowest BCUT2D eigenvalue weighted by atomic mass is 9.95. The van der Waals surface area contributed by atoms with Crippen molar-refractivity contribution in [1.82, 2.24) is 0 Å². The third-order valence-electron chi connectivity index (χ3n) is 4.70. The lowest BCUT2D eigenvalue weighted by Gasteiger charge is -2.33. The lowest BCUT2D eigenvalue weighted by molar-refractivity contribution is -0.384. The molecule has 1 amide bonds. The molecule has 1 fully saturated rings. The molecule has 0 spiro atoms. The van der Waals surface area contributed by atoms with Crippen LogP contribution in [0.5, 0.6) is 5.75 Å². The predicted octanol–water partition coefficient (Wildman–Crippen LogP) is 2.97. The predicted molar refractivity (Wildman–Crippen MR) is 100 cm³/mol. The number of nitrogens with zero attached hydrogens (tertiary/aromatic N) is 2. The summed E-state index contributed by atoms with van der Waals surface area (Å²) in [5.41, 5.74) is 1.35. The van der Waals surface area contributed by atoms with Gasteiger partial charge in [-0.1, -0.05) is 0 Å². The molecule has 2 N–H and O–H groups in total. The van der Waals surface area contributed by atoms with E-state index in [9.17, 15) is 24.8 Å². The van der Waals surface area contributed by atoms with Crippen LogP contribution in [0.1, 0.15) is 23.2 Å². The summed E-state index contributed by atoms with van der Waals surface area (Å²) in [6.07, 6.45) is 2.03. The third kappa shape index (κ3) is 4.22. The highest BCUT2D eigenvalue weighted by Crippen LogP contribution is 2.30. The van der Waals surface area contributed by atoms with Crippen LogP contribution in [-0.2, 0) is 4.79 Å². The van der Waals surface area contributed by atoms with Crippen LogP contribution in [0.4, 0.5) is 17.1 Å². The number of carbonyl (C=O) groups excluding carboxylic acids is 2. The number of hydrogen-bond donors (Lipinski definition) is 2. The number of anilines is 2. The van der Waals surface area contributed by atoms with Crippen molar-refractivity contribution < 1.29 is 19.6 Å². The Morgan fingerprint density at radius 3 is 2.44 bits per heavy atom. The molecule has 0 unspecified atom stereocenters. The topological polar surface area (TPSA) is 113 Å². The summed E-state index contributed by atoms with van der Waals surface area (Å²) < 4.78 is 0. The fourth-order valence-electron chi connectivity index (χ4n) is 3.18. The Kier molecular flexibility index (Phi) is 5.35. The summed E-state index contributed by atoms with van der Waals surface area (Å²) >= 11 is 0. The largest absolute Gasteiger partial charge is 0.508 e. The van der Waals surface area contributed by atoms with E-state index in [0.29, 0.717) is 31.5 Å². The van der Waals surface area contributed by atoms with Gasteiger partial charge in [-0.25, -0.2) is 0 Å². The molecule has 8 heteroatoms. The van der Waals surface area contributed by atoms with E-state index in [4.69, 9.17) is 0 Å². The van der Waals surface area contributed by atoms with E-state index in [2.05, 4.69) is 10.2 Å². The number of nitro benzene ring substituents is 1. The van der Waals surface area contributed by atoms with Crippen molar-refractivity contribution >= 4 is 29.3 Å². The summed E-state index contributed by atoms with van der Waals surface area (Å²) in [6, 6.07) is 10.9. The first-order chi connectivity index (χ1) is 13.0. The van der Waals surface area contributed by atoms with E-state index in [1.165, 1.54) is 12.1 Å². The number of nitro groups is 1. The first-order valence-corrected chi connectivity index (χ1v) is 8.56. The Balaban J connectivity index is 1.62. The Hall–Kier alpha value is -3.42. The molecule has 1 heterocycles. The Bertz CT molecular complexity index is 858. The molecule has 0 saturated carbocycles. The number of aromatic hydroxyl groups is 1. The summed E-state index contributed by atoms with van der Waals surface area (Å²) in [7, 11) is 0. The maximum atomic E-state index is 12.5.